The topological polar surface area (TPSA) is 106 Å². The average molecular weight is 379 g/mol. The van der Waals surface area contributed by atoms with Crippen molar-refractivity contribution in [1.29, 1.82) is 0 Å². The third-order valence-corrected chi connectivity index (χ3v) is 4.57. The SMILES string of the molecule is CCN(Cc1nc2c(cnn2C)c(=O)[nH]1)Cc1nc(-c2cccc(C)c2)no1. The Hall–Kier alpha value is -3.33. The van der Waals surface area contributed by atoms with E-state index >= 15 is 0 Å². The second kappa shape index (κ2) is 7.35. The average Bonchev–Trinajstić information content (AvgIpc) is 3.29. The lowest BCUT2D eigenvalue weighted by atomic mass is 10.1. The minimum Gasteiger partial charge on any atom is -0.338 e. The van der Waals surface area contributed by atoms with Gasteiger partial charge in [-0.1, -0.05) is 35.8 Å². The van der Waals surface area contributed by atoms with Gasteiger partial charge in [-0.15, -0.1) is 0 Å². The maximum Gasteiger partial charge on any atom is 0.262 e. The lowest BCUT2D eigenvalue weighted by Crippen LogP contribution is -2.25. The maximum absolute atomic E-state index is 12.2. The number of nitrogens with zero attached hydrogens (tertiary/aromatic N) is 6. The van der Waals surface area contributed by atoms with Crippen molar-refractivity contribution in [2.24, 2.45) is 7.05 Å². The van der Waals surface area contributed by atoms with Crippen LogP contribution in [0.15, 0.2) is 39.8 Å². The number of aryl methyl sites for hydroxylation is 2. The zero-order valence-electron chi connectivity index (χ0n) is 16.0. The lowest BCUT2D eigenvalue weighted by Gasteiger charge is -2.17. The van der Waals surface area contributed by atoms with E-state index in [-0.39, 0.29) is 5.56 Å². The van der Waals surface area contributed by atoms with Crippen LogP contribution in [-0.2, 0) is 20.1 Å². The number of rotatable bonds is 6. The minimum absolute atomic E-state index is 0.191. The largest absolute Gasteiger partial charge is 0.338 e. The van der Waals surface area contributed by atoms with Crippen molar-refractivity contribution < 1.29 is 4.52 Å². The molecule has 9 heteroatoms. The molecule has 0 aliphatic carbocycles. The molecule has 28 heavy (non-hydrogen) atoms. The molecule has 0 unspecified atom stereocenters. The van der Waals surface area contributed by atoms with Gasteiger partial charge in [-0.3, -0.25) is 14.4 Å². The molecule has 4 rings (SSSR count). The van der Waals surface area contributed by atoms with Gasteiger partial charge in [0.15, 0.2) is 5.65 Å². The highest BCUT2D eigenvalue weighted by atomic mass is 16.5. The van der Waals surface area contributed by atoms with E-state index in [1.54, 1.807) is 11.7 Å². The van der Waals surface area contributed by atoms with Crippen LogP contribution in [0.1, 0.15) is 24.2 Å². The molecule has 0 radical (unpaired) electrons. The number of hydrogen-bond donors (Lipinski definition) is 1. The van der Waals surface area contributed by atoms with Crippen molar-refractivity contribution in [3.63, 3.8) is 0 Å². The van der Waals surface area contributed by atoms with Gasteiger partial charge in [-0.25, -0.2) is 4.98 Å². The minimum atomic E-state index is -0.191. The zero-order chi connectivity index (χ0) is 19.7. The van der Waals surface area contributed by atoms with Crippen molar-refractivity contribution in [2.75, 3.05) is 6.54 Å². The molecule has 0 aliphatic rings. The molecule has 0 spiro atoms. The first-order valence-corrected chi connectivity index (χ1v) is 9.06. The molecule has 3 heterocycles. The quantitative estimate of drug-likeness (QED) is 0.546. The third-order valence-electron chi connectivity index (χ3n) is 4.57. The fraction of sp³-hybridized carbons (Fsp3) is 0.316. The van der Waals surface area contributed by atoms with Gasteiger partial charge < -0.3 is 9.51 Å². The molecule has 0 atom stereocenters. The summed E-state index contributed by atoms with van der Waals surface area (Å²) in [7, 11) is 1.77. The van der Waals surface area contributed by atoms with E-state index in [0.29, 0.717) is 41.7 Å². The molecule has 0 bridgehead atoms. The van der Waals surface area contributed by atoms with E-state index < -0.39 is 0 Å². The van der Waals surface area contributed by atoms with E-state index in [2.05, 4.69) is 30.1 Å². The van der Waals surface area contributed by atoms with E-state index in [1.807, 2.05) is 38.1 Å². The molecule has 4 aromatic rings. The number of H-pyrrole nitrogens is 1. The highest BCUT2D eigenvalue weighted by molar-refractivity contribution is 5.72. The Morgan fingerprint density at radius 1 is 1.25 bits per heavy atom. The van der Waals surface area contributed by atoms with Crippen LogP contribution in [0.4, 0.5) is 0 Å². The monoisotopic (exact) mass is 379 g/mol. The van der Waals surface area contributed by atoms with E-state index in [1.165, 1.54) is 6.20 Å². The summed E-state index contributed by atoms with van der Waals surface area (Å²) in [6, 6.07) is 7.97. The van der Waals surface area contributed by atoms with Crippen molar-refractivity contribution in [2.45, 2.75) is 26.9 Å². The molecule has 1 aromatic carbocycles. The normalized spacial score (nSPS) is 11.6. The van der Waals surface area contributed by atoms with Crippen LogP contribution >= 0.6 is 0 Å². The Balaban J connectivity index is 1.53. The van der Waals surface area contributed by atoms with Crippen LogP contribution in [0.3, 0.4) is 0 Å². The van der Waals surface area contributed by atoms with Crippen molar-refractivity contribution in [3.05, 3.63) is 58.1 Å². The third kappa shape index (κ3) is 3.56. The van der Waals surface area contributed by atoms with E-state index in [0.717, 1.165) is 17.7 Å². The maximum atomic E-state index is 12.2. The molecule has 0 fully saturated rings. The van der Waals surface area contributed by atoms with Gasteiger partial charge in [-0.2, -0.15) is 10.1 Å². The summed E-state index contributed by atoms with van der Waals surface area (Å²) < 4.78 is 7.01. The van der Waals surface area contributed by atoms with Gasteiger partial charge >= 0.3 is 0 Å². The highest BCUT2D eigenvalue weighted by Crippen LogP contribution is 2.18. The first-order valence-electron chi connectivity index (χ1n) is 9.06. The van der Waals surface area contributed by atoms with Gasteiger partial charge in [0.1, 0.15) is 11.2 Å². The van der Waals surface area contributed by atoms with Crippen LogP contribution in [-0.4, -0.2) is 41.3 Å². The van der Waals surface area contributed by atoms with E-state index in [4.69, 9.17) is 4.52 Å². The number of aromatic amines is 1. The summed E-state index contributed by atoms with van der Waals surface area (Å²) >= 11 is 0. The fourth-order valence-electron chi connectivity index (χ4n) is 3.06. The molecule has 3 aromatic heterocycles. The molecule has 0 amide bonds. The standard InChI is InChI=1S/C19H21N7O2/c1-4-26(10-15-21-18-14(19(27)22-15)9-20-25(18)3)11-16-23-17(24-28-16)13-7-5-6-12(2)8-13/h5-9H,4,10-11H2,1-3H3,(H,21,22,27). The van der Waals surface area contributed by atoms with Gasteiger partial charge in [0, 0.05) is 12.6 Å². The van der Waals surface area contributed by atoms with Crippen molar-refractivity contribution in [3.8, 4) is 11.4 Å². The predicted octanol–water partition coefficient (Wildman–Crippen LogP) is 2.04. The Morgan fingerprint density at radius 2 is 2.11 bits per heavy atom. The summed E-state index contributed by atoms with van der Waals surface area (Å²) in [6.07, 6.45) is 1.52. The lowest BCUT2D eigenvalue weighted by molar-refractivity contribution is 0.224. The molecule has 0 saturated heterocycles. The van der Waals surface area contributed by atoms with Crippen LogP contribution < -0.4 is 5.56 Å². The van der Waals surface area contributed by atoms with Gasteiger partial charge in [0.05, 0.1) is 19.3 Å². The Bertz CT molecular complexity index is 1170. The Kier molecular flexibility index (Phi) is 4.74. The Morgan fingerprint density at radius 3 is 2.89 bits per heavy atom. The number of hydrogen-bond acceptors (Lipinski definition) is 7. The summed E-state index contributed by atoms with van der Waals surface area (Å²) in [5.74, 6) is 1.65. The van der Waals surface area contributed by atoms with Gasteiger partial charge in [-0.05, 0) is 19.5 Å². The molecule has 144 valence electrons. The fourth-order valence-corrected chi connectivity index (χ4v) is 3.06. The molecule has 0 saturated carbocycles. The van der Waals surface area contributed by atoms with Crippen LogP contribution in [0, 0.1) is 6.92 Å². The summed E-state index contributed by atoms with van der Waals surface area (Å²) in [5.41, 5.74) is 2.43. The van der Waals surface area contributed by atoms with Crippen LogP contribution in [0.2, 0.25) is 0 Å². The molecule has 9 nitrogen and oxygen atoms in total. The van der Waals surface area contributed by atoms with Crippen LogP contribution in [0.25, 0.3) is 22.4 Å². The predicted molar refractivity (Wildman–Crippen MR) is 103 cm³/mol. The second-order valence-electron chi connectivity index (χ2n) is 6.70. The smallest absolute Gasteiger partial charge is 0.262 e. The molecular weight excluding hydrogens is 358 g/mol. The number of fused-ring (bicyclic) bond motifs is 1. The van der Waals surface area contributed by atoms with E-state index in [9.17, 15) is 4.79 Å². The summed E-state index contributed by atoms with van der Waals surface area (Å²) in [5, 5.41) is 8.65. The highest BCUT2D eigenvalue weighted by Gasteiger charge is 2.15. The molecule has 1 N–H and O–H groups in total. The van der Waals surface area contributed by atoms with Gasteiger partial charge in [0.2, 0.25) is 11.7 Å². The van der Waals surface area contributed by atoms with Crippen LogP contribution in [0.5, 0.6) is 0 Å². The van der Waals surface area contributed by atoms with Gasteiger partial charge in [0.25, 0.3) is 5.56 Å². The zero-order valence-corrected chi connectivity index (χ0v) is 16.0. The number of benzene rings is 1. The number of aromatic nitrogens is 6. The first kappa shape index (κ1) is 18.1. The first-order chi connectivity index (χ1) is 13.5. The second-order valence-corrected chi connectivity index (χ2v) is 6.70. The summed E-state index contributed by atoms with van der Waals surface area (Å²) in [6.45, 7) is 5.70. The molecular formula is C19H21N7O2. The van der Waals surface area contributed by atoms with Crippen molar-refractivity contribution in [1.82, 2.24) is 34.8 Å². The summed E-state index contributed by atoms with van der Waals surface area (Å²) in [4.78, 5) is 26.1. The number of nitrogens with one attached hydrogen (secondary N) is 1. The van der Waals surface area contributed by atoms with Crippen molar-refractivity contribution >= 4 is 11.0 Å². The Labute approximate surface area is 161 Å². The molecule has 0 aliphatic heterocycles.